The van der Waals surface area contributed by atoms with Gasteiger partial charge in [0.2, 0.25) is 0 Å². The zero-order valence-electron chi connectivity index (χ0n) is 16.4. The molecule has 0 saturated carbocycles. The van der Waals surface area contributed by atoms with Crippen LogP contribution in [0.1, 0.15) is 5.56 Å². The molecule has 7 nitrogen and oxygen atoms in total. The molecule has 0 aliphatic rings. The van der Waals surface area contributed by atoms with Gasteiger partial charge in [-0.05, 0) is 63.1 Å². The number of anilines is 2. The zero-order valence-corrected chi connectivity index (χ0v) is 18.1. The Morgan fingerprint density at radius 3 is 2.57 bits per heavy atom. The van der Waals surface area contributed by atoms with Gasteiger partial charge in [0.15, 0.2) is 5.11 Å². The van der Waals surface area contributed by atoms with Crippen LogP contribution in [-0.2, 0) is 10.0 Å². The second-order valence-electron chi connectivity index (χ2n) is 6.47. The van der Waals surface area contributed by atoms with Crippen molar-refractivity contribution in [2.45, 2.75) is 11.8 Å². The first-order chi connectivity index (χ1) is 13.2. The lowest BCUT2D eigenvalue weighted by Gasteiger charge is -2.16. The number of hydrogen-bond acceptors (Lipinski definition) is 5. The highest BCUT2D eigenvalue weighted by molar-refractivity contribution is 7.92. The maximum atomic E-state index is 12.9. The quantitative estimate of drug-likeness (QED) is 0.564. The fourth-order valence-electron chi connectivity index (χ4n) is 2.46. The number of benzene rings is 2. The summed E-state index contributed by atoms with van der Waals surface area (Å²) in [4.78, 5) is 2.20. The predicted octanol–water partition coefficient (Wildman–Crippen LogP) is 2.65. The SMILES string of the molecule is COc1ccccc1NS(=O)(=O)c1cc(NC(=S)NCCN(C)C)ccc1C. The molecule has 3 N–H and O–H groups in total. The maximum Gasteiger partial charge on any atom is 0.262 e. The molecule has 0 amide bonds. The highest BCUT2D eigenvalue weighted by Crippen LogP contribution is 2.28. The van der Waals surface area contributed by atoms with Crippen molar-refractivity contribution in [3.63, 3.8) is 0 Å². The molecule has 9 heteroatoms. The number of hydrogen-bond donors (Lipinski definition) is 3. The van der Waals surface area contributed by atoms with Gasteiger partial charge in [0.1, 0.15) is 5.75 Å². The molecule has 28 heavy (non-hydrogen) atoms. The number of aryl methyl sites for hydroxylation is 1. The Balaban J connectivity index is 2.18. The molecule has 2 rings (SSSR count). The molecule has 0 unspecified atom stereocenters. The average Bonchev–Trinajstić information content (AvgIpc) is 2.63. The third-order valence-electron chi connectivity index (χ3n) is 3.93. The van der Waals surface area contributed by atoms with E-state index in [0.717, 1.165) is 6.54 Å². The number of ether oxygens (including phenoxy) is 1. The molecule has 0 aliphatic carbocycles. The molecule has 0 atom stereocenters. The van der Waals surface area contributed by atoms with Crippen molar-refractivity contribution in [3.8, 4) is 5.75 Å². The van der Waals surface area contributed by atoms with Crippen LogP contribution >= 0.6 is 12.2 Å². The molecule has 152 valence electrons. The largest absolute Gasteiger partial charge is 0.495 e. The van der Waals surface area contributed by atoms with E-state index in [2.05, 4.69) is 15.4 Å². The van der Waals surface area contributed by atoms with Crippen LogP contribution in [0.2, 0.25) is 0 Å². The minimum Gasteiger partial charge on any atom is -0.495 e. The van der Waals surface area contributed by atoms with Gasteiger partial charge in [-0.25, -0.2) is 8.42 Å². The van der Waals surface area contributed by atoms with Crippen molar-refractivity contribution in [1.29, 1.82) is 0 Å². The smallest absolute Gasteiger partial charge is 0.262 e. The molecule has 0 aliphatic heterocycles. The van der Waals surface area contributed by atoms with Gasteiger partial charge in [0.05, 0.1) is 17.7 Å². The van der Waals surface area contributed by atoms with Crippen LogP contribution in [0.4, 0.5) is 11.4 Å². The molecule has 2 aromatic rings. The van der Waals surface area contributed by atoms with Crippen LogP contribution in [-0.4, -0.2) is 52.7 Å². The van der Waals surface area contributed by atoms with E-state index in [1.165, 1.54) is 7.11 Å². The van der Waals surface area contributed by atoms with Gasteiger partial charge >= 0.3 is 0 Å². The van der Waals surface area contributed by atoms with Crippen LogP contribution < -0.4 is 20.1 Å². The fraction of sp³-hybridized carbons (Fsp3) is 0.316. The van der Waals surface area contributed by atoms with E-state index in [9.17, 15) is 8.42 Å². The average molecular weight is 423 g/mol. The number of para-hydroxylation sites is 2. The molecule has 0 bridgehead atoms. The number of rotatable bonds is 8. The Morgan fingerprint density at radius 2 is 1.89 bits per heavy atom. The highest BCUT2D eigenvalue weighted by atomic mass is 32.2. The zero-order chi connectivity index (χ0) is 20.7. The van der Waals surface area contributed by atoms with E-state index in [1.807, 2.05) is 19.0 Å². The van der Waals surface area contributed by atoms with Gasteiger partial charge < -0.3 is 20.3 Å². The summed E-state index contributed by atoms with van der Waals surface area (Å²) in [7, 11) is 1.64. The van der Waals surface area contributed by atoms with Gasteiger partial charge in [-0.15, -0.1) is 0 Å². The molecule has 2 aromatic carbocycles. The Kier molecular flexibility index (Phi) is 7.61. The summed E-state index contributed by atoms with van der Waals surface area (Å²) in [6.45, 7) is 3.26. The van der Waals surface area contributed by atoms with E-state index in [1.54, 1.807) is 49.4 Å². The third kappa shape index (κ3) is 6.08. The monoisotopic (exact) mass is 422 g/mol. The summed E-state index contributed by atoms with van der Waals surface area (Å²) >= 11 is 5.27. The fourth-order valence-corrected chi connectivity index (χ4v) is 4.03. The van der Waals surface area contributed by atoms with Crippen molar-refractivity contribution in [2.75, 3.05) is 44.3 Å². The third-order valence-corrected chi connectivity index (χ3v) is 5.69. The van der Waals surface area contributed by atoms with Crippen LogP contribution in [0.3, 0.4) is 0 Å². The van der Waals surface area contributed by atoms with Gasteiger partial charge in [0.25, 0.3) is 10.0 Å². The molecule has 0 spiro atoms. The van der Waals surface area contributed by atoms with Gasteiger partial charge in [-0.1, -0.05) is 18.2 Å². The normalized spacial score (nSPS) is 11.2. The minimum absolute atomic E-state index is 0.166. The van der Waals surface area contributed by atoms with E-state index in [4.69, 9.17) is 17.0 Å². The van der Waals surface area contributed by atoms with Crippen molar-refractivity contribution < 1.29 is 13.2 Å². The lowest BCUT2D eigenvalue weighted by Crippen LogP contribution is -2.34. The van der Waals surface area contributed by atoms with Gasteiger partial charge in [-0.3, -0.25) is 4.72 Å². The highest BCUT2D eigenvalue weighted by Gasteiger charge is 2.19. The molecule has 0 fully saturated rings. The summed E-state index contributed by atoms with van der Waals surface area (Å²) in [6.07, 6.45) is 0. The molecule has 0 heterocycles. The Morgan fingerprint density at radius 1 is 1.18 bits per heavy atom. The number of methoxy groups -OCH3 is 1. The predicted molar refractivity (Wildman–Crippen MR) is 118 cm³/mol. The number of nitrogens with zero attached hydrogens (tertiary/aromatic N) is 1. The second kappa shape index (κ2) is 9.72. The Bertz CT molecular complexity index is 931. The van der Waals surface area contributed by atoms with Crippen LogP contribution in [0.25, 0.3) is 0 Å². The number of nitrogens with one attached hydrogen (secondary N) is 3. The number of likely N-dealkylation sites (N-methyl/N-ethyl adjacent to an activating group) is 1. The van der Waals surface area contributed by atoms with Crippen LogP contribution in [0.15, 0.2) is 47.4 Å². The van der Waals surface area contributed by atoms with E-state index in [-0.39, 0.29) is 4.90 Å². The molecule has 0 aromatic heterocycles. The molecule has 0 radical (unpaired) electrons. The summed E-state index contributed by atoms with van der Waals surface area (Å²) < 4.78 is 33.7. The number of thiocarbonyl (C=S) groups is 1. The maximum absolute atomic E-state index is 12.9. The van der Waals surface area contributed by atoms with Gasteiger partial charge in [0, 0.05) is 18.8 Å². The van der Waals surface area contributed by atoms with Crippen molar-refractivity contribution >= 4 is 38.7 Å². The van der Waals surface area contributed by atoms with Crippen molar-refractivity contribution in [1.82, 2.24) is 10.2 Å². The molecular weight excluding hydrogens is 396 g/mol. The Labute approximate surface area is 172 Å². The Hall–Kier alpha value is -2.36. The summed E-state index contributed by atoms with van der Waals surface area (Å²) in [6, 6.07) is 11.9. The first-order valence-corrected chi connectivity index (χ1v) is 10.6. The number of sulfonamides is 1. The lowest BCUT2D eigenvalue weighted by atomic mass is 10.2. The van der Waals surface area contributed by atoms with E-state index < -0.39 is 10.0 Å². The van der Waals surface area contributed by atoms with Crippen molar-refractivity contribution in [3.05, 3.63) is 48.0 Å². The van der Waals surface area contributed by atoms with Crippen LogP contribution in [0, 0.1) is 6.92 Å². The molecular formula is C19H26N4O3S2. The van der Waals surface area contributed by atoms with E-state index in [0.29, 0.717) is 34.3 Å². The summed E-state index contributed by atoms with van der Waals surface area (Å²) in [5, 5.41) is 6.55. The van der Waals surface area contributed by atoms with Crippen LogP contribution in [0.5, 0.6) is 5.75 Å². The topological polar surface area (TPSA) is 82.7 Å². The lowest BCUT2D eigenvalue weighted by molar-refractivity contribution is 0.413. The first kappa shape index (κ1) is 21.9. The van der Waals surface area contributed by atoms with E-state index >= 15 is 0 Å². The summed E-state index contributed by atoms with van der Waals surface area (Å²) in [5.41, 5.74) is 1.59. The van der Waals surface area contributed by atoms with Crippen molar-refractivity contribution in [2.24, 2.45) is 0 Å². The second-order valence-corrected chi connectivity index (χ2v) is 8.53. The standard InChI is InChI=1S/C19H26N4O3S2/c1-14-9-10-15(21-19(27)20-11-12-23(2)3)13-18(14)28(24,25)22-16-7-5-6-8-17(16)26-4/h5-10,13,22H,11-12H2,1-4H3,(H2,20,21,27). The molecule has 0 saturated heterocycles. The minimum atomic E-state index is -3.80. The summed E-state index contributed by atoms with van der Waals surface area (Å²) in [5.74, 6) is 0.448. The first-order valence-electron chi connectivity index (χ1n) is 8.69. The van der Waals surface area contributed by atoms with Gasteiger partial charge in [-0.2, -0.15) is 0 Å².